The molecule has 0 aromatic heterocycles. The second-order valence-corrected chi connectivity index (χ2v) is 16.0. The molecule has 1 aliphatic heterocycles. The van der Waals surface area contributed by atoms with Crippen LogP contribution in [0.3, 0.4) is 0 Å². The van der Waals surface area contributed by atoms with E-state index in [4.69, 9.17) is 4.74 Å². The first-order valence-electron chi connectivity index (χ1n) is 16.2. The molecule has 2 N–H and O–H groups in total. The Hall–Kier alpha value is -0.120. The maximum Gasteiger partial charge on any atom is 0.0714 e. The number of ether oxygens (including phenoxy) is 1. The van der Waals surface area contributed by atoms with Gasteiger partial charge in [-0.1, -0.05) is 68.2 Å². The van der Waals surface area contributed by atoms with Crippen LogP contribution in [0.2, 0.25) is 0 Å². The second kappa shape index (κ2) is 10.4. The van der Waals surface area contributed by atoms with Crippen molar-refractivity contribution in [3.63, 3.8) is 0 Å². The van der Waals surface area contributed by atoms with Gasteiger partial charge in [0, 0.05) is 13.2 Å². The highest BCUT2D eigenvalue weighted by Gasteiger charge is 2.61. The fourth-order valence-corrected chi connectivity index (χ4v) is 11.8. The standard InChI is InChI=1S/C17H32O2.C17H30O/c1-5-17(19)11-7-13-15(2,3)9-6-10-16(13,4)14(17)8-12-18;1-5-17-11-7-13-15(2,3)9-6-10-16(13,4)14(17)8-12-18-17/h13-14,18-19H,5-12H2,1-4H3;13-14H,5-12H2,1-4H3/t2*13-,14-,16-,17+/m00/s1. The third-order valence-electron chi connectivity index (χ3n) is 13.6. The summed E-state index contributed by atoms with van der Waals surface area (Å²) >= 11 is 0. The molecule has 0 aromatic rings. The van der Waals surface area contributed by atoms with Crippen LogP contribution < -0.4 is 0 Å². The van der Waals surface area contributed by atoms with Crippen LogP contribution in [0.25, 0.3) is 0 Å². The number of rotatable bonds is 4. The summed E-state index contributed by atoms with van der Waals surface area (Å²) < 4.78 is 6.28. The number of fused-ring (bicyclic) bond motifs is 4. The Kier molecular flexibility index (Phi) is 8.37. The molecule has 4 aliphatic carbocycles. The van der Waals surface area contributed by atoms with Crippen LogP contribution >= 0.6 is 0 Å². The maximum atomic E-state index is 11.0. The van der Waals surface area contributed by atoms with E-state index in [9.17, 15) is 10.2 Å². The Morgan fingerprint density at radius 1 is 0.676 bits per heavy atom. The molecule has 5 fully saturated rings. The molecule has 37 heavy (non-hydrogen) atoms. The molecule has 0 aromatic carbocycles. The molecular formula is C34H62O3. The molecule has 1 heterocycles. The van der Waals surface area contributed by atoms with Crippen LogP contribution in [0, 0.1) is 45.3 Å². The fraction of sp³-hybridized carbons (Fsp3) is 1.00. The van der Waals surface area contributed by atoms with Gasteiger partial charge >= 0.3 is 0 Å². The van der Waals surface area contributed by atoms with E-state index >= 15 is 0 Å². The normalized spacial score (nSPS) is 48.2. The lowest BCUT2D eigenvalue weighted by molar-refractivity contribution is -0.180. The monoisotopic (exact) mass is 518 g/mol. The van der Waals surface area contributed by atoms with Crippen molar-refractivity contribution in [1.29, 1.82) is 0 Å². The number of hydrogen-bond acceptors (Lipinski definition) is 3. The molecule has 8 atom stereocenters. The zero-order valence-electron chi connectivity index (χ0n) is 25.9. The second-order valence-electron chi connectivity index (χ2n) is 16.0. The van der Waals surface area contributed by atoms with Crippen LogP contribution in [-0.2, 0) is 4.74 Å². The van der Waals surface area contributed by atoms with Crippen molar-refractivity contribution in [3.8, 4) is 0 Å². The van der Waals surface area contributed by atoms with E-state index in [0.29, 0.717) is 22.2 Å². The fourth-order valence-electron chi connectivity index (χ4n) is 11.8. The summed E-state index contributed by atoms with van der Waals surface area (Å²) in [6.45, 7) is 20.5. The van der Waals surface area contributed by atoms with Crippen molar-refractivity contribution in [2.75, 3.05) is 13.2 Å². The van der Waals surface area contributed by atoms with E-state index in [1.54, 1.807) is 0 Å². The molecule has 3 nitrogen and oxygen atoms in total. The topological polar surface area (TPSA) is 49.7 Å². The van der Waals surface area contributed by atoms with E-state index in [-0.39, 0.29) is 23.5 Å². The summed E-state index contributed by atoms with van der Waals surface area (Å²) in [6.07, 6.45) is 17.0. The van der Waals surface area contributed by atoms with E-state index in [0.717, 1.165) is 44.1 Å². The number of hydrogen-bond donors (Lipinski definition) is 2. The first-order chi connectivity index (χ1) is 17.2. The molecule has 0 radical (unpaired) electrons. The Morgan fingerprint density at radius 3 is 1.81 bits per heavy atom. The molecule has 216 valence electrons. The molecule has 4 saturated carbocycles. The van der Waals surface area contributed by atoms with Crippen molar-refractivity contribution < 1.29 is 14.9 Å². The minimum absolute atomic E-state index is 0.202. The van der Waals surface area contributed by atoms with Crippen LogP contribution in [0.15, 0.2) is 0 Å². The van der Waals surface area contributed by atoms with Gasteiger partial charge in [0.25, 0.3) is 0 Å². The molecule has 0 unspecified atom stereocenters. The largest absolute Gasteiger partial charge is 0.396 e. The average molecular weight is 519 g/mol. The van der Waals surface area contributed by atoms with E-state index in [1.807, 2.05) is 0 Å². The molecule has 0 spiro atoms. The Morgan fingerprint density at radius 2 is 1.24 bits per heavy atom. The minimum Gasteiger partial charge on any atom is -0.396 e. The number of aliphatic hydroxyl groups is 2. The van der Waals surface area contributed by atoms with Gasteiger partial charge in [-0.15, -0.1) is 0 Å². The van der Waals surface area contributed by atoms with Gasteiger partial charge in [-0.25, -0.2) is 0 Å². The van der Waals surface area contributed by atoms with Gasteiger partial charge in [-0.05, 0) is 122 Å². The van der Waals surface area contributed by atoms with Gasteiger partial charge in [-0.3, -0.25) is 0 Å². The van der Waals surface area contributed by atoms with Gasteiger partial charge in [0.2, 0.25) is 0 Å². The van der Waals surface area contributed by atoms with Gasteiger partial charge in [0.1, 0.15) is 0 Å². The first-order valence-corrected chi connectivity index (χ1v) is 16.2. The lowest BCUT2D eigenvalue weighted by atomic mass is 9.45. The summed E-state index contributed by atoms with van der Waals surface area (Å²) in [6, 6.07) is 0. The van der Waals surface area contributed by atoms with Gasteiger partial charge in [-0.2, -0.15) is 0 Å². The summed E-state index contributed by atoms with van der Waals surface area (Å²) in [7, 11) is 0. The predicted octanol–water partition coefficient (Wildman–Crippen LogP) is 8.55. The Labute approximate surface area is 229 Å². The molecule has 5 rings (SSSR count). The lowest BCUT2D eigenvalue weighted by Crippen LogP contribution is -2.58. The van der Waals surface area contributed by atoms with Gasteiger partial charge < -0.3 is 14.9 Å². The zero-order chi connectivity index (χ0) is 27.3. The van der Waals surface area contributed by atoms with Crippen molar-refractivity contribution in [3.05, 3.63) is 0 Å². The van der Waals surface area contributed by atoms with Crippen LogP contribution in [0.4, 0.5) is 0 Å². The molecule has 0 bridgehead atoms. The molecule has 3 heteroatoms. The van der Waals surface area contributed by atoms with Gasteiger partial charge in [0.15, 0.2) is 0 Å². The Balaban J connectivity index is 0.000000173. The lowest BCUT2D eigenvalue weighted by Gasteiger charge is -2.61. The molecule has 1 saturated heterocycles. The van der Waals surface area contributed by atoms with Crippen LogP contribution in [0.5, 0.6) is 0 Å². The van der Waals surface area contributed by atoms with E-state index in [1.165, 1.54) is 64.2 Å². The third-order valence-corrected chi connectivity index (χ3v) is 13.6. The highest BCUT2D eigenvalue weighted by Crippen LogP contribution is 2.66. The highest BCUT2D eigenvalue weighted by molar-refractivity contribution is 5.11. The van der Waals surface area contributed by atoms with Gasteiger partial charge in [0.05, 0.1) is 11.2 Å². The predicted molar refractivity (Wildman–Crippen MR) is 154 cm³/mol. The quantitative estimate of drug-likeness (QED) is 0.392. The van der Waals surface area contributed by atoms with Crippen molar-refractivity contribution in [2.45, 2.75) is 156 Å². The summed E-state index contributed by atoms with van der Waals surface area (Å²) in [5.74, 6) is 2.70. The smallest absolute Gasteiger partial charge is 0.0714 e. The van der Waals surface area contributed by atoms with Crippen LogP contribution in [0.1, 0.15) is 145 Å². The average Bonchev–Trinajstić information content (AvgIpc) is 3.27. The highest BCUT2D eigenvalue weighted by atomic mass is 16.5. The zero-order valence-corrected chi connectivity index (χ0v) is 25.9. The van der Waals surface area contributed by atoms with Crippen molar-refractivity contribution in [2.24, 2.45) is 45.3 Å². The SMILES string of the molecule is CC[C@@]1(O)CC[C@H]2C(C)(C)CCC[C@]2(C)[C@@H]1CCO.CC[C@@]12CC[C@H]3C(C)(C)CCC[C@]3(C)[C@@H]1CCO2. The molecular weight excluding hydrogens is 456 g/mol. The van der Waals surface area contributed by atoms with Crippen LogP contribution in [-0.4, -0.2) is 34.6 Å². The van der Waals surface area contributed by atoms with Crippen molar-refractivity contribution >= 4 is 0 Å². The summed E-state index contributed by atoms with van der Waals surface area (Å²) in [4.78, 5) is 0. The summed E-state index contributed by atoms with van der Waals surface area (Å²) in [5, 5.41) is 20.5. The molecule has 5 aliphatic rings. The maximum absolute atomic E-state index is 11.0. The van der Waals surface area contributed by atoms with Crippen molar-refractivity contribution in [1.82, 2.24) is 0 Å². The summed E-state index contributed by atoms with van der Waals surface area (Å²) in [5.41, 5.74) is 1.38. The third kappa shape index (κ3) is 4.88. The van der Waals surface area contributed by atoms with E-state index in [2.05, 4.69) is 55.4 Å². The molecule has 0 amide bonds. The van der Waals surface area contributed by atoms with E-state index < -0.39 is 5.60 Å². The minimum atomic E-state index is -0.554. The number of aliphatic hydroxyl groups excluding tert-OH is 1. The first kappa shape index (κ1) is 29.9. The Bertz CT molecular complexity index is 790.